The van der Waals surface area contributed by atoms with Gasteiger partial charge in [0.2, 0.25) is 0 Å². The molecule has 0 N–H and O–H groups in total. The monoisotopic (exact) mass is 228 g/mol. The van der Waals surface area contributed by atoms with Crippen molar-refractivity contribution in [2.24, 2.45) is 11.3 Å². The molecule has 0 amide bonds. The fourth-order valence-corrected chi connectivity index (χ4v) is 2.37. The maximum atomic E-state index is 5.45. The van der Waals surface area contributed by atoms with Crippen LogP contribution in [0.15, 0.2) is 0 Å². The molecule has 2 heteroatoms. The third kappa shape index (κ3) is 4.84. The van der Waals surface area contributed by atoms with E-state index in [9.17, 15) is 0 Å². The molecular weight excluding hydrogens is 200 g/mol. The molecule has 0 aromatic rings. The van der Waals surface area contributed by atoms with E-state index in [2.05, 4.69) is 27.7 Å². The maximum absolute atomic E-state index is 5.45. The van der Waals surface area contributed by atoms with E-state index in [0.717, 1.165) is 31.8 Å². The zero-order valence-electron chi connectivity index (χ0n) is 11.4. The van der Waals surface area contributed by atoms with Crippen molar-refractivity contribution in [2.75, 3.05) is 6.61 Å². The van der Waals surface area contributed by atoms with Crippen molar-refractivity contribution >= 4 is 0 Å². The van der Waals surface area contributed by atoms with Crippen LogP contribution in [-0.2, 0) is 9.78 Å². The molecule has 0 aromatic heterocycles. The van der Waals surface area contributed by atoms with Gasteiger partial charge in [0.25, 0.3) is 0 Å². The van der Waals surface area contributed by atoms with Gasteiger partial charge in [-0.05, 0) is 43.4 Å². The Bertz CT molecular complexity index is 176. The zero-order valence-corrected chi connectivity index (χ0v) is 11.4. The van der Waals surface area contributed by atoms with E-state index in [1.807, 2.05) is 0 Å². The van der Waals surface area contributed by atoms with Crippen LogP contribution in [0.1, 0.15) is 66.2 Å². The first-order chi connectivity index (χ1) is 7.54. The first-order valence-electron chi connectivity index (χ1n) is 6.82. The maximum Gasteiger partial charge on any atom is 0.0930 e. The van der Waals surface area contributed by atoms with E-state index >= 15 is 0 Å². The van der Waals surface area contributed by atoms with Crippen LogP contribution in [0.25, 0.3) is 0 Å². The smallest absolute Gasteiger partial charge is 0.0930 e. The summed E-state index contributed by atoms with van der Waals surface area (Å²) in [5.41, 5.74) is 0.452. The fraction of sp³-hybridized carbons (Fsp3) is 1.00. The van der Waals surface area contributed by atoms with Crippen LogP contribution in [0, 0.1) is 11.3 Å². The number of rotatable bonds is 5. The second kappa shape index (κ2) is 6.61. The summed E-state index contributed by atoms with van der Waals surface area (Å²) in [6.45, 7) is 9.94. The van der Waals surface area contributed by atoms with Crippen LogP contribution in [0.4, 0.5) is 0 Å². The lowest BCUT2D eigenvalue weighted by Gasteiger charge is -2.36. The van der Waals surface area contributed by atoms with Gasteiger partial charge >= 0.3 is 0 Å². The highest BCUT2D eigenvalue weighted by Crippen LogP contribution is 2.38. The van der Waals surface area contributed by atoms with E-state index in [0.29, 0.717) is 11.5 Å². The molecule has 0 unspecified atom stereocenters. The summed E-state index contributed by atoms with van der Waals surface area (Å²) >= 11 is 0. The van der Waals surface area contributed by atoms with Crippen molar-refractivity contribution in [2.45, 2.75) is 72.3 Å². The van der Waals surface area contributed by atoms with E-state index in [1.54, 1.807) is 0 Å². The Balaban J connectivity index is 2.12. The molecule has 96 valence electrons. The summed E-state index contributed by atoms with van der Waals surface area (Å²) in [5, 5.41) is 0. The Morgan fingerprint density at radius 1 is 1.06 bits per heavy atom. The van der Waals surface area contributed by atoms with Gasteiger partial charge in [0.1, 0.15) is 0 Å². The molecule has 0 atom stereocenters. The van der Waals surface area contributed by atoms with Crippen molar-refractivity contribution in [3.05, 3.63) is 0 Å². The molecule has 1 rings (SSSR count). The first kappa shape index (κ1) is 14.0. The zero-order chi connectivity index (χ0) is 12.0. The van der Waals surface area contributed by atoms with Gasteiger partial charge < -0.3 is 0 Å². The van der Waals surface area contributed by atoms with Crippen LogP contribution in [0.2, 0.25) is 0 Å². The van der Waals surface area contributed by atoms with Gasteiger partial charge in [0.05, 0.1) is 12.7 Å². The lowest BCUT2D eigenvalue weighted by atomic mass is 9.72. The summed E-state index contributed by atoms with van der Waals surface area (Å²) in [4.78, 5) is 10.7. The van der Waals surface area contributed by atoms with E-state index in [-0.39, 0.29) is 0 Å². The van der Waals surface area contributed by atoms with Crippen molar-refractivity contribution < 1.29 is 9.78 Å². The molecule has 0 aliphatic heterocycles. The van der Waals surface area contributed by atoms with Crippen molar-refractivity contribution in [1.29, 1.82) is 0 Å². The van der Waals surface area contributed by atoms with Crippen molar-refractivity contribution in [3.63, 3.8) is 0 Å². The topological polar surface area (TPSA) is 18.5 Å². The lowest BCUT2D eigenvalue weighted by Crippen LogP contribution is -2.29. The average Bonchev–Trinajstić information content (AvgIpc) is 2.24. The third-order valence-electron chi connectivity index (χ3n) is 3.68. The standard InChI is InChI=1S/C14H28O2/c1-5-6-11-15-16-13-9-7-12(8-10-13)14(2,3)4/h12-13H,5-11H2,1-4H3. The molecular formula is C14H28O2. The molecule has 0 heterocycles. The fourth-order valence-electron chi connectivity index (χ4n) is 2.37. The van der Waals surface area contributed by atoms with Gasteiger partial charge in [0, 0.05) is 0 Å². The Morgan fingerprint density at radius 3 is 2.19 bits per heavy atom. The summed E-state index contributed by atoms with van der Waals surface area (Å²) in [7, 11) is 0. The number of hydrogen-bond acceptors (Lipinski definition) is 2. The number of hydrogen-bond donors (Lipinski definition) is 0. The van der Waals surface area contributed by atoms with Crippen LogP contribution in [-0.4, -0.2) is 12.7 Å². The molecule has 0 saturated heterocycles. The molecule has 16 heavy (non-hydrogen) atoms. The highest BCUT2D eigenvalue weighted by molar-refractivity contribution is 4.80. The van der Waals surface area contributed by atoms with Gasteiger partial charge in [-0.15, -0.1) is 0 Å². The van der Waals surface area contributed by atoms with Gasteiger partial charge in [-0.1, -0.05) is 34.1 Å². The summed E-state index contributed by atoms with van der Waals surface area (Å²) in [5.74, 6) is 0.850. The normalized spacial score (nSPS) is 27.0. The Hall–Kier alpha value is -0.0800. The summed E-state index contributed by atoms with van der Waals surface area (Å²) in [6.07, 6.45) is 7.49. The molecule has 1 aliphatic rings. The molecule has 0 radical (unpaired) electrons. The minimum absolute atomic E-state index is 0.343. The van der Waals surface area contributed by atoms with Crippen LogP contribution >= 0.6 is 0 Å². The first-order valence-corrected chi connectivity index (χ1v) is 6.82. The second-order valence-corrected chi connectivity index (χ2v) is 6.11. The van der Waals surface area contributed by atoms with Crippen molar-refractivity contribution in [1.82, 2.24) is 0 Å². The van der Waals surface area contributed by atoms with Gasteiger partial charge in [0.15, 0.2) is 0 Å². The average molecular weight is 228 g/mol. The van der Waals surface area contributed by atoms with Crippen LogP contribution in [0.5, 0.6) is 0 Å². The SMILES string of the molecule is CCCCOOC1CCC(C(C)(C)C)CC1. The van der Waals surface area contributed by atoms with Crippen LogP contribution in [0.3, 0.4) is 0 Å². The van der Waals surface area contributed by atoms with Crippen molar-refractivity contribution in [3.8, 4) is 0 Å². The molecule has 0 bridgehead atoms. The Morgan fingerprint density at radius 2 is 1.69 bits per heavy atom. The lowest BCUT2D eigenvalue weighted by molar-refractivity contribution is -0.330. The van der Waals surface area contributed by atoms with E-state index in [1.165, 1.54) is 19.3 Å². The molecule has 1 fully saturated rings. The number of unbranched alkanes of at least 4 members (excludes halogenated alkanes) is 1. The molecule has 1 aliphatic carbocycles. The molecule has 2 nitrogen and oxygen atoms in total. The molecule has 0 aromatic carbocycles. The minimum atomic E-state index is 0.343. The predicted octanol–water partition coefficient (Wildman–Crippen LogP) is 4.34. The highest BCUT2D eigenvalue weighted by atomic mass is 17.2. The third-order valence-corrected chi connectivity index (χ3v) is 3.68. The van der Waals surface area contributed by atoms with Gasteiger partial charge in [-0.25, -0.2) is 9.78 Å². The summed E-state index contributed by atoms with van der Waals surface area (Å²) < 4.78 is 0. The van der Waals surface area contributed by atoms with Crippen LogP contribution < -0.4 is 0 Å². The highest BCUT2D eigenvalue weighted by Gasteiger charge is 2.30. The Kier molecular flexibility index (Phi) is 5.77. The Labute approximate surface area is 101 Å². The van der Waals surface area contributed by atoms with Gasteiger partial charge in [-0.2, -0.15) is 0 Å². The second-order valence-electron chi connectivity index (χ2n) is 6.11. The van der Waals surface area contributed by atoms with Gasteiger partial charge in [-0.3, -0.25) is 0 Å². The van der Waals surface area contributed by atoms with E-state index < -0.39 is 0 Å². The quantitative estimate of drug-likeness (QED) is 0.396. The molecule has 0 spiro atoms. The minimum Gasteiger partial charge on any atom is -0.236 e. The predicted molar refractivity (Wildman–Crippen MR) is 67.1 cm³/mol. The summed E-state index contributed by atoms with van der Waals surface area (Å²) in [6, 6.07) is 0. The largest absolute Gasteiger partial charge is 0.236 e. The van der Waals surface area contributed by atoms with E-state index in [4.69, 9.17) is 9.78 Å². The molecule has 1 saturated carbocycles.